The molecule has 3 heteroatoms. The monoisotopic (exact) mass is 226 g/mol. The van der Waals surface area contributed by atoms with E-state index in [1.165, 1.54) is 32.4 Å². The zero-order chi connectivity index (χ0) is 11.6. The van der Waals surface area contributed by atoms with Gasteiger partial charge in [0.2, 0.25) is 0 Å². The largest absolute Gasteiger partial charge is 0.377 e. The molecule has 94 valence electrons. The zero-order valence-corrected chi connectivity index (χ0v) is 11.0. The van der Waals surface area contributed by atoms with Crippen molar-refractivity contribution < 1.29 is 4.74 Å². The summed E-state index contributed by atoms with van der Waals surface area (Å²) in [5.41, 5.74) is 0.0825. The summed E-state index contributed by atoms with van der Waals surface area (Å²) in [5, 5.41) is 3.53. The van der Waals surface area contributed by atoms with Crippen molar-refractivity contribution in [1.29, 1.82) is 0 Å². The molecule has 2 fully saturated rings. The average Bonchev–Trinajstić information content (AvgIpc) is 2.77. The Morgan fingerprint density at radius 1 is 1.44 bits per heavy atom. The molecule has 3 unspecified atom stereocenters. The maximum absolute atomic E-state index is 5.68. The molecule has 2 saturated heterocycles. The molecule has 2 aliphatic heterocycles. The second-order valence-corrected chi connectivity index (χ2v) is 5.62. The first kappa shape index (κ1) is 12.3. The van der Waals surface area contributed by atoms with E-state index in [2.05, 4.69) is 24.1 Å². The van der Waals surface area contributed by atoms with E-state index >= 15 is 0 Å². The number of methoxy groups -OCH3 is 1. The van der Waals surface area contributed by atoms with Gasteiger partial charge in [0.25, 0.3) is 0 Å². The van der Waals surface area contributed by atoms with E-state index in [9.17, 15) is 0 Å². The van der Waals surface area contributed by atoms with Gasteiger partial charge in [-0.05, 0) is 38.8 Å². The Hall–Kier alpha value is -0.120. The Balaban J connectivity index is 1.98. The lowest BCUT2D eigenvalue weighted by Gasteiger charge is -2.43. The van der Waals surface area contributed by atoms with Crippen molar-refractivity contribution in [3.8, 4) is 0 Å². The highest BCUT2D eigenvalue weighted by atomic mass is 16.5. The van der Waals surface area contributed by atoms with E-state index in [1.54, 1.807) is 0 Å². The van der Waals surface area contributed by atoms with Gasteiger partial charge in [-0.2, -0.15) is 0 Å². The Morgan fingerprint density at radius 3 is 2.94 bits per heavy atom. The van der Waals surface area contributed by atoms with Crippen LogP contribution in [0.4, 0.5) is 0 Å². The van der Waals surface area contributed by atoms with Crippen LogP contribution in [0.2, 0.25) is 0 Å². The molecule has 16 heavy (non-hydrogen) atoms. The van der Waals surface area contributed by atoms with Gasteiger partial charge in [0.15, 0.2) is 0 Å². The van der Waals surface area contributed by atoms with Crippen LogP contribution in [0.25, 0.3) is 0 Å². The first-order valence-corrected chi connectivity index (χ1v) is 6.68. The molecule has 2 rings (SSSR count). The molecule has 3 nitrogen and oxygen atoms in total. The molecule has 0 aromatic carbocycles. The lowest BCUT2D eigenvalue weighted by molar-refractivity contribution is -0.0634. The maximum atomic E-state index is 5.68. The number of nitrogens with zero attached hydrogens (tertiary/aromatic N) is 1. The topological polar surface area (TPSA) is 24.5 Å². The van der Waals surface area contributed by atoms with Crippen LogP contribution in [-0.4, -0.2) is 49.8 Å². The number of rotatable bonds is 3. The van der Waals surface area contributed by atoms with Gasteiger partial charge in [-0.3, -0.25) is 4.90 Å². The first-order chi connectivity index (χ1) is 7.68. The lowest BCUT2D eigenvalue weighted by atomic mass is 9.90. The molecule has 1 N–H and O–H groups in total. The minimum atomic E-state index is 0.0825. The summed E-state index contributed by atoms with van der Waals surface area (Å²) in [6.45, 7) is 9.28. The fourth-order valence-corrected chi connectivity index (χ4v) is 3.26. The molecule has 0 radical (unpaired) electrons. The lowest BCUT2D eigenvalue weighted by Crippen LogP contribution is -2.53. The standard InChI is InChI=1S/C13H26N2O/c1-4-11-8-14-9-12(11)15-7-5-6-13(2,10-15)16-3/h11-12,14H,4-10H2,1-3H3. The molecule has 0 aromatic rings. The van der Waals surface area contributed by atoms with E-state index in [1.807, 2.05) is 7.11 Å². The van der Waals surface area contributed by atoms with Crippen LogP contribution in [0.3, 0.4) is 0 Å². The summed E-state index contributed by atoms with van der Waals surface area (Å²) < 4.78 is 5.68. The number of nitrogens with one attached hydrogen (secondary N) is 1. The number of likely N-dealkylation sites (tertiary alicyclic amines) is 1. The minimum Gasteiger partial charge on any atom is -0.377 e. The normalized spacial score (nSPS) is 41.4. The van der Waals surface area contributed by atoms with Crippen LogP contribution in [0.1, 0.15) is 33.1 Å². The van der Waals surface area contributed by atoms with E-state index < -0.39 is 0 Å². The van der Waals surface area contributed by atoms with E-state index in [4.69, 9.17) is 4.74 Å². The Morgan fingerprint density at radius 2 is 2.25 bits per heavy atom. The van der Waals surface area contributed by atoms with Gasteiger partial charge in [-0.15, -0.1) is 0 Å². The van der Waals surface area contributed by atoms with Gasteiger partial charge in [-0.1, -0.05) is 13.3 Å². The third kappa shape index (κ3) is 2.41. The predicted molar refractivity (Wildman–Crippen MR) is 66.7 cm³/mol. The van der Waals surface area contributed by atoms with Crippen molar-refractivity contribution >= 4 is 0 Å². The van der Waals surface area contributed by atoms with E-state index in [0.717, 1.165) is 25.0 Å². The summed E-state index contributed by atoms with van der Waals surface area (Å²) >= 11 is 0. The summed E-state index contributed by atoms with van der Waals surface area (Å²) in [6.07, 6.45) is 3.77. The van der Waals surface area contributed by atoms with Gasteiger partial charge in [-0.25, -0.2) is 0 Å². The molecule has 0 amide bonds. The van der Waals surface area contributed by atoms with Crippen LogP contribution in [0.15, 0.2) is 0 Å². The summed E-state index contributed by atoms with van der Waals surface area (Å²) in [6, 6.07) is 0.736. The average molecular weight is 226 g/mol. The van der Waals surface area contributed by atoms with Crippen molar-refractivity contribution in [3.63, 3.8) is 0 Å². The van der Waals surface area contributed by atoms with Crippen molar-refractivity contribution in [2.24, 2.45) is 5.92 Å². The second-order valence-electron chi connectivity index (χ2n) is 5.62. The summed E-state index contributed by atoms with van der Waals surface area (Å²) in [7, 11) is 1.85. The highest BCUT2D eigenvalue weighted by Crippen LogP contribution is 2.28. The second kappa shape index (κ2) is 5.03. The molecule has 0 bridgehead atoms. The predicted octanol–water partition coefficient (Wildman–Crippen LogP) is 1.49. The maximum Gasteiger partial charge on any atom is 0.0777 e. The highest BCUT2D eigenvalue weighted by Gasteiger charge is 2.37. The Kier molecular flexibility index (Phi) is 3.88. The first-order valence-electron chi connectivity index (χ1n) is 6.68. The molecule has 0 aromatic heterocycles. The fourth-order valence-electron chi connectivity index (χ4n) is 3.26. The molecule has 0 saturated carbocycles. The van der Waals surface area contributed by atoms with Crippen LogP contribution < -0.4 is 5.32 Å². The van der Waals surface area contributed by atoms with E-state index in [0.29, 0.717) is 0 Å². The zero-order valence-electron chi connectivity index (χ0n) is 11.0. The van der Waals surface area contributed by atoms with Gasteiger partial charge >= 0.3 is 0 Å². The van der Waals surface area contributed by atoms with Crippen molar-refractivity contribution in [2.75, 3.05) is 33.3 Å². The Labute approximate surface area is 99.5 Å². The van der Waals surface area contributed by atoms with Crippen LogP contribution in [-0.2, 0) is 4.74 Å². The van der Waals surface area contributed by atoms with Crippen molar-refractivity contribution in [2.45, 2.75) is 44.8 Å². The van der Waals surface area contributed by atoms with E-state index in [-0.39, 0.29) is 5.60 Å². The number of hydrogen-bond acceptors (Lipinski definition) is 3. The number of hydrogen-bond donors (Lipinski definition) is 1. The minimum absolute atomic E-state index is 0.0825. The third-order valence-electron chi connectivity index (χ3n) is 4.48. The van der Waals surface area contributed by atoms with Crippen molar-refractivity contribution in [3.05, 3.63) is 0 Å². The van der Waals surface area contributed by atoms with Crippen LogP contribution in [0, 0.1) is 5.92 Å². The van der Waals surface area contributed by atoms with Crippen molar-refractivity contribution in [1.82, 2.24) is 10.2 Å². The van der Waals surface area contributed by atoms with Gasteiger partial charge in [0.1, 0.15) is 0 Å². The molecule has 0 spiro atoms. The van der Waals surface area contributed by atoms with Crippen LogP contribution >= 0.6 is 0 Å². The molecule has 2 aliphatic rings. The molecular weight excluding hydrogens is 200 g/mol. The summed E-state index contributed by atoms with van der Waals surface area (Å²) in [5.74, 6) is 0.833. The number of piperidine rings is 1. The van der Waals surface area contributed by atoms with Gasteiger partial charge in [0, 0.05) is 26.2 Å². The van der Waals surface area contributed by atoms with Gasteiger partial charge in [0.05, 0.1) is 5.60 Å². The molecule has 2 heterocycles. The highest BCUT2D eigenvalue weighted by molar-refractivity contribution is 4.94. The quantitative estimate of drug-likeness (QED) is 0.789. The number of ether oxygens (including phenoxy) is 1. The molecule has 0 aliphatic carbocycles. The smallest absolute Gasteiger partial charge is 0.0777 e. The fraction of sp³-hybridized carbons (Fsp3) is 1.00. The molecular formula is C13H26N2O. The molecule has 3 atom stereocenters. The SMILES string of the molecule is CCC1CNCC1N1CCCC(C)(OC)C1. The summed E-state index contributed by atoms with van der Waals surface area (Å²) in [4.78, 5) is 2.65. The third-order valence-corrected chi connectivity index (χ3v) is 4.48. The Bertz CT molecular complexity index is 234. The van der Waals surface area contributed by atoms with Gasteiger partial charge < -0.3 is 10.1 Å². The van der Waals surface area contributed by atoms with Crippen LogP contribution in [0.5, 0.6) is 0 Å².